The maximum absolute atomic E-state index is 14.3. The zero-order valence-corrected chi connectivity index (χ0v) is 24.5. The van der Waals surface area contributed by atoms with Crippen molar-refractivity contribution in [1.29, 1.82) is 0 Å². The van der Waals surface area contributed by atoms with E-state index < -0.39 is 17.4 Å². The summed E-state index contributed by atoms with van der Waals surface area (Å²) in [7, 11) is 0. The number of carbonyl (C=O) groups is 2. The number of hydrogen-bond donors (Lipinski definition) is 1. The fraction of sp³-hybridized carbons (Fsp3) is 0.310. The Labute approximate surface area is 242 Å². The molecule has 2 amide bonds. The van der Waals surface area contributed by atoms with Crippen LogP contribution in [0.25, 0.3) is 0 Å². The molecule has 0 radical (unpaired) electrons. The van der Waals surface area contributed by atoms with Gasteiger partial charge in [0.1, 0.15) is 11.9 Å². The van der Waals surface area contributed by atoms with Gasteiger partial charge in [0, 0.05) is 50.5 Å². The first kappa shape index (κ1) is 30.3. The Morgan fingerprint density at radius 3 is 2.05 bits per heavy atom. The third-order valence-corrected chi connectivity index (χ3v) is 7.70. The standard InChI is InChI=1S/C29H30Cl3FN2O2S/c1-29(2,3)34-28(37)26(15-19-9-5-4-6-10-19)35(16-20-22(30)11-7-12-23(20)31)27(36)18-38-17-21-24(32)13-8-14-25(21)33/h4-14,26H,15-18H2,1-3H3,(H,34,37)/t26-/m0/s1. The average Bonchev–Trinajstić information content (AvgIpc) is 2.84. The summed E-state index contributed by atoms with van der Waals surface area (Å²) in [5.41, 5.74) is 1.27. The van der Waals surface area contributed by atoms with E-state index in [4.69, 9.17) is 34.8 Å². The van der Waals surface area contributed by atoms with Gasteiger partial charge in [-0.25, -0.2) is 4.39 Å². The van der Waals surface area contributed by atoms with Crippen LogP contribution in [0, 0.1) is 5.82 Å². The Morgan fingerprint density at radius 1 is 0.895 bits per heavy atom. The molecule has 0 aliphatic heterocycles. The molecule has 0 aliphatic rings. The van der Waals surface area contributed by atoms with Crippen LogP contribution in [0.2, 0.25) is 15.1 Å². The van der Waals surface area contributed by atoms with E-state index in [0.29, 0.717) is 32.6 Å². The van der Waals surface area contributed by atoms with Crippen LogP contribution in [0.15, 0.2) is 66.7 Å². The van der Waals surface area contributed by atoms with E-state index in [0.717, 1.165) is 5.56 Å². The van der Waals surface area contributed by atoms with Crippen molar-refractivity contribution in [1.82, 2.24) is 10.2 Å². The molecule has 0 fully saturated rings. The lowest BCUT2D eigenvalue weighted by Crippen LogP contribution is -2.54. The molecular weight excluding hydrogens is 566 g/mol. The van der Waals surface area contributed by atoms with Crippen LogP contribution in [0.5, 0.6) is 0 Å². The summed E-state index contributed by atoms with van der Waals surface area (Å²) in [6, 6.07) is 18.3. The van der Waals surface area contributed by atoms with Crippen molar-refractivity contribution in [3.8, 4) is 0 Å². The highest BCUT2D eigenvalue weighted by Crippen LogP contribution is 2.29. The quantitative estimate of drug-likeness (QED) is 0.263. The Balaban J connectivity index is 1.94. The first-order valence-corrected chi connectivity index (χ1v) is 14.3. The van der Waals surface area contributed by atoms with Gasteiger partial charge >= 0.3 is 0 Å². The minimum absolute atomic E-state index is 0.000816. The molecule has 0 saturated carbocycles. The summed E-state index contributed by atoms with van der Waals surface area (Å²) in [6.07, 6.45) is 0.292. The largest absolute Gasteiger partial charge is 0.350 e. The van der Waals surface area contributed by atoms with Gasteiger partial charge in [-0.05, 0) is 50.6 Å². The summed E-state index contributed by atoms with van der Waals surface area (Å²) in [6.45, 7) is 5.69. The van der Waals surface area contributed by atoms with Gasteiger partial charge in [-0.15, -0.1) is 11.8 Å². The SMILES string of the molecule is CC(C)(C)NC(=O)[C@H](Cc1ccccc1)N(Cc1c(Cl)cccc1Cl)C(=O)CSCc1c(F)cccc1Cl. The van der Waals surface area contributed by atoms with Crippen molar-refractivity contribution in [3.05, 3.63) is 104 Å². The van der Waals surface area contributed by atoms with Gasteiger partial charge in [0.05, 0.1) is 5.75 Å². The van der Waals surface area contributed by atoms with Crippen molar-refractivity contribution >= 4 is 58.4 Å². The van der Waals surface area contributed by atoms with Crippen LogP contribution in [0.4, 0.5) is 4.39 Å². The number of nitrogens with one attached hydrogen (secondary N) is 1. The molecule has 0 unspecified atom stereocenters. The predicted molar refractivity (Wildman–Crippen MR) is 156 cm³/mol. The van der Waals surface area contributed by atoms with E-state index in [1.807, 2.05) is 51.1 Å². The summed E-state index contributed by atoms with van der Waals surface area (Å²) in [5, 5.41) is 4.11. The number of benzene rings is 3. The van der Waals surface area contributed by atoms with Crippen LogP contribution < -0.4 is 5.32 Å². The van der Waals surface area contributed by atoms with E-state index in [1.165, 1.54) is 28.8 Å². The molecule has 38 heavy (non-hydrogen) atoms. The average molecular weight is 596 g/mol. The molecular formula is C29H30Cl3FN2O2S. The van der Waals surface area contributed by atoms with E-state index in [-0.39, 0.29) is 29.9 Å². The summed E-state index contributed by atoms with van der Waals surface area (Å²) >= 11 is 20.3. The van der Waals surface area contributed by atoms with E-state index in [2.05, 4.69) is 5.32 Å². The molecule has 0 aliphatic carbocycles. The maximum Gasteiger partial charge on any atom is 0.243 e. The van der Waals surface area contributed by atoms with Crippen molar-refractivity contribution in [2.24, 2.45) is 0 Å². The Morgan fingerprint density at radius 2 is 1.47 bits per heavy atom. The third-order valence-electron chi connectivity index (χ3n) is 5.69. The zero-order chi connectivity index (χ0) is 27.9. The van der Waals surface area contributed by atoms with Crippen LogP contribution in [-0.4, -0.2) is 34.0 Å². The van der Waals surface area contributed by atoms with Gasteiger partial charge in [0.15, 0.2) is 0 Å². The number of carbonyl (C=O) groups excluding carboxylic acids is 2. The molecule has 0 bridgehead atoms. The Hall–Kier alpha value is -2.25. The number of amides is 2. The normalized spacial score (nSPS) is 12.2. The van der Waals surface area contributed by atoms with Crippen LogP contribution in [-0.2, 0) is 28.3 Å². The van der Waals surface area contributed by atoms with Gasteiger partial charge in [0.25, 0.3) is 0 Å². The number of rotatable bonds is 10. The van der Waals surface area contributed by atoms with Crippen molar-refractivity contribution in [2.45, 2.75) is 51.1 Å². The van der Waals surface area contributed by atoms with Gasteiger partial charge < -0.3 is 10.2 Å². The van der Waals surface area contributed by atoms with Gasteiger partial charge in [-0.1, -0.05) is 77.3 Å². The monoisotopic (exact) mass is 594 g/mol. The predicted octanol–water partition coefficient (Wildman–Crippen LogP) is 7.57. The van der Waals surface area contributed by atoms with Crippen LogP contribution >= 0.6 is 46.6 Å². The van der Waals surface area contributed by atoms with Crippen LogP contribution in [0.1, 0.15) is 37.5 Å². The highest BCUT2D eigenvalue weighted by molar-refractivity contribution is 7.99. The molecule has 0 heterocycles. The molecule has 3 rings (SSSR count). The molecule has 202 valence electrons. The fourth-order valence-corrected chi connectivity index (χ4v) is 5.62. The lowest BCUT2D eigenvalue weighted by molar-refractivity contribution is -0.140. The molecule has 0 aromatic heterocycles. The number of nitrogens with zero attached hydrogens (tertiary/aromatic N) is 1. The van der Waals surface area contributed by atoms with Crippen molar-refractivity contribution in [3.63, 3.8) is 0 Å². The first-order valence-electron chi connectivity index (χ1n) is 12.0. The Bertz CT molecular complexity index is 1230. The minimum atomic E-state index is -0.839. The summed E-state index contributed by atoms with van der Waals surface area (Å²) < 4.78 is 14.3. The molecule has 0 saturated heterocycles. The smallest absolute Gasteiger partial charge is 0.243 e. The van der Waals surface area contributed by atoms with Gasteiger partial charge in [-0.2, -0.15) is 0 Å². The molecule has 9 heteroatoms. The van der Waals surface area contributed by atoms with Gasteiger partial charge in [0.2, 0.25) is 11.8 Å². The minimum Gasteiger partial charge on any atom is -0.350 e. The zero-order valence-electron chi connectivity index (χ0n) is 21.4. The van der Waals surface area contributed by atoms with E-state index in [1.54, 1.807) is 24.3 Å². The van der Waals surface area contributed by atoms with Gasteiger partial charge in [-0.3, -0.25) is 9.59 Å². The molecule has 0 spiro atoms. The summed E-state index contributed by atoms with van der Waals surface area (Å²) in [5.74, 6) is -0.817. The third kappa shape index (κ3) is 8.63. The number of thioether (sulfide) groups is 1. The topological polar surface area (TPSA) is 49.4 Å². The second kappa shape index (κ2) is 13.7. The van der Waals surface area contributed by atoms with E-state index >= 15 is 0 Å². The molecule has 3 aromatic rings. The Kier molecular flexibility index (Phi) is 10.9. The maximum atomic E-state index is 14.3. The fourth-order valence-electron chi connectivity index (χ4n) is 3.85. The molecule has 3 aromatic carbocycles. The number of hydrogen-bond acceptors (Lipinski definition) is 3. The second-order valence-corrected chi connectivity index (χ2v) is 12.1. The van der Waals surface area contributed by atoms with Crippen LogP contribution in [0.3, 0.4) is 0 Å². The first-order chi connectivity index (χ1) is 18.0. The highest BCUT2D eigenvalue weighted by Gasteiger charge is 2.33. The lowest BCUT2D eigenvalue weighted by atomic mass is 10.0. The summed E-state index contributed by atoms with van der Waals surface area (Å²) in [4.78, 5) is 28.9. The van der Waals surface area contributed by atoms with E-state index in [9.17, 15) is 14.0 Å². The number of halogens is 4. The molecule has 1 atom stereocenters. The highest BCUT2D eigenvalue weighted by atomic mass is 35.5. The second-order valence-electron chi connectivity index (χ2n) is 9.86. The van der Waals surface area contributed by atoms with Crippen molar-refractivity contribution in [2.75, 3.05) is 5.75 Å². The molecule has 4 nitrogen and oxygen atoms in total. The lowest BCUT2D eigenvalue weighted by Gasteiger charge is -2.34. The van der Waals surface area contributed by atoms with Crippen molar-refractivity contribution < 1.29 is 14.0 Å². The molecule has 1 N–H and O–H groups in total.